The lowest BCUT2D eigenvalue weighted by molar-refractivity contribution is -0.150. The van der Waals surface area contributed by atoms with Gasteiger partial charge in [0.2, 0.25) is 0 Å². The maximum Gasteiger partial charge on any atom is 0.331 e. The summed E-state index contributed by atoms with van der Waals surface area (Å²) < 4.78 is 0. The van der Waals surface area contributed by atoms with Gasteiger partial charge < -0.3 is 16.2 Å². The van der Waals surface area contributed by atoms with Gasteiger partial charge in [0.05, 0.1) is 6.04 Å². The van der Waals surface area contributed by atoms with Crippen LogP contribution >= 0.6 is 0 Å². The Balaban J connectivity index is 2.07. The van der Waals surface area contributed by atoms with E-state index in [0.717, 1.165) is 38.6 Å². The number of carbonyl (C=O) groups excluding carboxylic acids is 1. The van der Waals surface area contributed by atoms with Crippen LogP contribution < -0.4 is 11.1 Å². The predicted octanol–water partition coefficient (Wildman–Crippen LogP) is 1.06. The molecule has 0 aromatic rings. The zero-order chi connectivity index (χ0) is 13.9. The van der Waals surface area contributed by atoms with Crippen LogP contribution in [0.15, 0.2) is 0 Å². The number of carboxylic acid groups (broad SMARTS) is 1. The summed E-state index contributed by atoms with van der Waals surface area (Å²) in [6.45, 7) is 0.773. The molecule has 5 nitrogen and oxygen atoms in total. The van der Waals surface area contributed by atoms with Gasteiger partial charge in [-0.15, -0.1) is 0 Å². The Kier molecular flexibility index (Phi) is 4.58. The van der Waals surface area contributed by atoms with Crippen LogP contribution in [0, 0.1) is 5.92 Å². The molecule has 1 saturated heterocycles. The summed E-state index contributed by atoms with van der Waals surface area (Å²) in [5.74, 6) is -1.22. The van der Waals surface area contributed by atoms with Crippen LogP contribution in [0.4, 0.5) is 0 Å². The van der Waals surface area contributed by atoms with E-state index in [1.807, 2.05) is 0 Å². The second-order valence-corrected chi connectivity index (χ2v) is 6.00. The summed E-state index contributed by atoms with van der Waals surface area (Å²) in [5.41, 5.74) is 4.30. The quantitative estimate of drug-likeness (QED) is 0.648. The third-order valence-corrected chi connectivity index (χ3v) is 4.53. The number of nitrogens with two attached hydrogens (primary N) is 1. The summed E-state index contributed by atoms with van der Waals surface area (Å²) in [6.07, 6.45) is 7.35. The van der Waals surface area contributed by atoms with E-state index in [-0.39, 0.29) is 17.7 Å². The van der Waals surface area contributed by atoms with Gasteiger partial charge in [0.15, 0.2) is 11.3 Å². The molecule has 5 heteroatoms. The Bertz CT molecular complexity index is 347. The van der Waals surface area contributed by atoms with Crippen molar-refractivity contribution in [1.29, 1.82) is 0 Å². The molecule has 1 aliphatic carbocycles. The van der Waals surface area contributed by atoms with Crippen LogP contribution in [0.3, 0.4) is 0 Å². The molecule has 2 aliphatic rings. The van der Waals surface area contributed by atoms with Gasteiger partial charge in [-0.2, -0.15) is 0 Å². The number of hydrogen-bond donors (Lipinski definition) is 3. The van der Waals surface area contributed by atoms with Crippen LogP contribution in [0.1, 0.15) is 51.4 Å². The van der Waals surface area contributed by atoms with Crippen LogP contribution in [0.2, 0.25) is 0 Å². The van der Waals surface area contributed by atoms with Gasteiger partial charge in [0.25, 0.3) is 0 Å². The smallest absolute Gasteiger partial charge is 0.331 e. The normalized spacial score (nSPS) is 27.9. The number of nitrogens with one attached hydrogen (secondary N) is 1. The number of Topliss-reactive ketones (excluding diaryl/α,β-unsaturated/α-hetero) is 1. The van der Waals surface area contributed by atoms with Gasteiger partial charge in [0, 0.05) is 0 Å². The molecule has 2 unspecified atom stereocenters. The maximum atomic E-state index is 12.4. The first kappa shape index (κ1) is 14.5. The van der Waals surface area contributed by atoms with Crippen molar-refractivity contribution in [3.63, 3.8) is 0 Å². The molecule has 2 rings (SSSR count). The average molecular weight is 268 g/mol. The first-order chi connectivity index (χ1) is 9.04. The van der Waals surface area contributed by atoms with Crippen molar-refractivity contribution in [1.82, 2.24) is 5.32 Å². The molecule has 108 valence electrons. The SMILES string of the molecule is NC(CC1CCCCC1)(C(=O)O)C(=O)C1CCCN1. The monoisotopic (exact) mass is 268 g/mol. The van der Waals surface area contributed by atoms with Gasteiger partial charge in [-0.1, -0.05) is 32.1 Å². The standard InChI is InChI=1S/C14H24N2O3/c15-14(13(18)19,9-10-5-2-1-3-6-10)12(17)11-7-4-8-16-11/h10-11,16H,1-9,15H2,(H,18,19). The van der Waals surface area contributed by atoms with E-state index in [2.05, 4.69) is 5.32 Å². The van der Waals surface area contributed by atoms with Gasteiger partial charge >= 0.3 is 5.97 Å². The second-order valence-electron chi connectivity index (χ2n) is 6.00. The van der Waals surface area contributed by atoms with Crippen LogP contribution in [-0.4, -0.2) is 35.0 Å². The van der Waals surface area contributed by atoms with Crippen molar-refractivity contribution in [2.24, 2.45) is 11.7 Å². The summed E-state index contributed by atoms with van der Waals surface area (Å²) in [5, 5.41) is 12.5. The Labute approximate surface area is 113 Å². The van der Waals surface area contributed by atoms with Crippen LogP contribution in [0.5, 0.6) is 0 Å². The topological polar surface area (TPSA) is 92.4 Å². The minimum absolute atomic E-state index is 0.278. The summed E-state index contributed by atoms with van der Waals surface area (Å²) in [7, 11) is 0. The Morgan fingerprint density at radius 2 is 1.84 bits per heavy atom. The second kappa shape index (κ2) is 6.01. The first-order valence-corrected chi connectivity index (χ1v) is 7.34. The summed E-state index contributed by atoms with van der Waals surface area (Å²) in [4.78, 5) is 23.9. The average Bonchev–Trinajstić information content (AvgIpc) is 2.92. The number of hydrogen-bond acceptors (Lipinski definition) is 4. The number of carbonyl (C=O) groups is 2. The van der Waals surface area contributed by atoms with Gasteiger partial charge in [-0.3, -0.25) is 4.79 Å². The van der Waals surface area contributed by atoms with Gasteiger partial charge in [-0.05, 0) is 31.7 Å². The molecule has 0 aromatic carbocycles. The lowest BCUT2D eigenvalue weighted by Crippen LogP contribution is -2.61. The molecule has 4 N–H and O–H groups in total. The van der Waals surface area contributed by atoms with E-state index in [1.54, 1.807) is 0 Å². The van der Waals surface area contributed by atoms with Crippen molar-refractivity contribution in [2.75, 3.05) is 6.54 Å². The van der Waals surface area contributed by atoms with E-state index in [4.69, 9.17) is 5.73 Å². The van der Waals surface area contributed by atoms with E-state index in [1.165, 1.54) is 6.42 Å². The number of carboxylic acids is 1. The van der Waals surface area contributed by atoms with Gasteiger partial charge in [0.1, 0.15) is 0 Å². The third kappa shape index (κ3) is 3.15. The highest BCUT2D eigenvalue weighted by Crippen LogP contribution is 2.31. The molecule has 1 aliphatic heterocycles. The highest BCUT2D eigenvalue weighted by molar-refractivity contribution is 6.10. The molecular formula is C14H24N2O3. The molecule has 0 radical (unpaired) electrons. The zero-order valence-electron chi connectivity index (χ0n) is 11.4. The lowest BCUT2D eigenvalue weighted by atomic mass is 9.76. The lowest BCUT2D eigenvalue weighted by Gasteiger charge is -2.32. The first-order valence-electron chi connectivity index (χ1n) is 7.34. The molecule has 1 saturated carbocycles. The molecule has 2 fully saturated rings. The van der Waals surface area contributed by atoms with Crippen LogP contribution in [-0.2, 0) is 9.59 Å². The Morgan fingerprint density at radius 1 is 1.16 bits per heavy atom. The van der Waals surface area contributed by atoms with Crippen molar-refractivity contribution in [2.45, 2.75) is 62.9 Å². The van der Waals surface area contributed by atoms with E-state index in [0.29, 0.717) is 12.8 Å². The summed E-state index contributed by atoms with van der Waals surface area (Å²) in [6, 6.07) is -0.371. The number of ketones is 1. The number of rotatable bonds is 5. The van der Waals surface area contributed by atoms with Gasteiger partial charge in [-0.25, -0.2) is 4.79 Å². The Morgan fingerprint density at radius 3 is 2.37 bits per heavy atom. The van der Waals surface area contributed by atoms with Crippen molar-refractivity contribution < 1.29 is 14.7 Å². The minimum atomic E-state index is -1.70. The Hall–Kier alpha value is -0.940. The van der Waals surface area contributed by atoms with Crippen LogP contribution in [0.25, 0.3) is 0 Å². The maximum absolute atomic E-state index is 12.4. The number of aliphatic carboxylic acids is 1. The highest BCUT2D eigenvalue weighted by atomic mass is 16.4. The minimum Gasteiger partial charge on any atom is -0.480 e. The fraction of sp³-hybridized carbons (Fsp3) is 0.857. The molecule has 0 aromatic heterocycles. The van der Waals surface area contributed by atoms with E-state index >= 15 is 0 Å². The molecule has 19 heavy (non-hydrogen) atoms. The molecule has 0 spiro atoms. The predicted molar refractivity (Wildman–Crippen MR) is 71.8 cm³/mol. The van der Waals surface area contributed by atoms with Crippen molar-refractivity contribution in [3.05, 3.63) is 0 Å². The fourth-order valence-corrected chi connectivity index (χ4v) is 3.36. The fourth-order valence-electron chi connectivity index (χ4n) is 3.36. The molecular weight excluding hydrogens is 244 g/mol. The van der Waals surface area contributed by atoms with Crippen molar-refractivity contribution >= 4 is 11.8 Å². The summed E-state index contributed by atoms with van der Waals surface area (Å²) >= 11 is 0. The van der Waals surface area contributed by atoms with E-state index in [9.17, 15) is 14.7 Å². The molecule has 0 amide bonds. The molecule has 1 heterocycles. The van der Waals surface area contributed by atoms with Crippen molar-refractivity contribution in [3.8, 4) is 0 Å². The largest absolute Gasteiger partial charge is 0.480 e. The third-order valence-electron chi connectivity index (χ3n) is 4.53. The van der Waals surface area contributed by atoms with E-state index < -0.39 is 11.5 Å². The zero-order valence-corrected chi connectivity index (χ0v) is 11.4. The molecule has 0 bridgehead atoms. The highest BCUT2D eigenvalue weighted by Gasteiger charge is 2.47. The molecule has 2 atom stereocenters.